The Kier molecular flexibility index (Phi) is 28.3. The van der Waals surface area contributed by atoms with Gasteiger partial charge in [-0.05, 0) is 45.6 Å². The first-order valence-corrected chi connectivity index (χ1v) is 17.8. The monoisotopic (exact) mass is 746 g/mol. The van der Waals surface area contributed by atoms with Crippen LogP contribution < -0.4 is 10.6 Å². The highest BCUT2D eigenvalue weighted by Gasteiger charge is 2.32. The number of nitrogens with one attached hydrogen (secondary N) is 2. The SMILES string of the molecule is CN[C@@H](CCC(=O)OCCOC)C(=O)C[C@@H](CCC(=O)OCCOC)C(=O)N[C@@H](CC(C)C)C(=O)CC(CCC(=O)OCCOCCOC)C(C)=O. The number of esters is 3. The number of hydrogen-bond acceptors (Lipinski definition) is 15. The molecule has 0 saturated carbocycles. The van der Waals surface area contributed by atoms with Gasteiger partial charge in [0.2, 0.25) is 5.91 Å². The van der Waals surface area contributed by atoms with Crippen molar-refractivity contribution in [2.24, 2.45) is 17.8 Å². The molecule has 1 amide bonds. The van der Waals surface area contributed by atoms with Crippen LogP contribution in [0, 0.1) is 17.8 Å². The molecule has 1 unspecified atom stereocenters. The minimum Gasteiger partial charge on any atom is -0.463 e. The summed E-state index contributed by atoms with van der Waals surface area (Å²) in [5, 5.41) is 5.66. The maximum Gasteiger partial charge on any atom is 0.305 e. The Balaban J connectivity index is 5.69. The van der Waals surface area contributed by atoms with E-state index in [9.17, 15) is 33.6 Å². The molecule has 0 rings (SSSR count). The van der Waals surface area contributed by atoms with Gasteiger partial charge in [-0.15, -0.1) is 0 Å². The molecule has 0 aromatic rings. The Bertz CT molecular complexity index is 1080. The molecule has 16 heteroatoms. The predicted molar refractivity (Wildman–Crippen MR) is 188 cm³/mol. The zero-order valence-electron chi connectivity index (χ0n) is 32.1. The summed E-state index contributed by atoms with van der Waals surface area (Å²) in [4.78, 5) is 90.0. The lowest BCUT2D eigenvalue weighted by Crippen LogP contribution is -2.46. The third-order valence-corrected chi connectivity index (χ3v) is 8.04. The summed E-state index contributed by atoms with van der Waals surface area (Å²) in [5.74, 6) is -5.08. The first-order valence-electron chi connectivity index (χ1n) is 17.8. The number of likely N-dealkylation sites (N-methyl/N-ethyl adjacent to an activating group) is 1. The minimum atomic E-state index is -1.01. The molecule has 0 spiro atoms. The molecule has 52 heavy (non-hydrogen) atoms. The number of hydrogen-bond donors (Lipinski definition) is 2. The summed E-state index contributed by atoms with van der Waals surface area (Å²) in [6.45, 7) is 6.63. The normalized spacial score (nSPS) is 13.5. The third-order valence-electron chi connectivity index (χ3n) is 8.04. The number of methoxy groups -OCH3 is 3. The average molecular weight is 747 g/mol. The minimum absolute atomic E-state index is 0.0245. The van der Waals surface area contributed by atoms with Gasteiger partial charge in [0.1, 0.15) is 25.6 Å². The lowest BCUT2D eigenvalue weighted by molar-refractivity contribution is -0.146. The summed E-state index contributed by atoms with van der Waals surface area (Å²) in [5.41, 5.74) is 0. The van der Waals surface area contributed by atoms with Crippen LogP contribution in [-0.2, 0) is 66.7 Å². The molecule has 0 fully saturated rings. The van der Waals surface area contributed by atoms with Crippen LogP contribution in [0.5, 0.6) is 0 Å². The van der Waals surface area contributed by atoms with Gasteiger partial charge in [-0.25, -0.2) is 0 Å². The highest BCUT2D eigenvalue weighted by molar-refractivity contribution is 5.95. The zero-order chi connectivity index (χ0) is 39.3. The van der Waals surface area contributed by atoms with E-state index in [-0.39, 0.29) is 115 Å². The van der Waals surface area contributed by atoms with Crippen LogP contribution in [0.15, 0.2) is 0 Å². The van der Waals surface area contributed by atoms with E-state index in [1.54, 1.807) is 14.2 Å². The van der Waals surface area contributed by atoms with Gasteiger partial charge in [-0.1, -0.05) is 13.8 Å². The average Bonchev–Trinajstić information content (AvgIpc) is 3.09. The van der Waals surface area contributed by atoms with E-state index in [1.165, 1.54) is 21.1 Å². The predicted octanol–water partition coefficient (Wildman–Crippen LogP) is 1.77. The lowest BCUT2D eigenvalue weighted by atomic mass is 9.88. The molecule has 0 bridgehead atoms. The van der Waals surface area contributed by atoms with Crippen LogP contribution >= 0.6 is 0 Å². The van der Waals surface area contributed by atoms with Crippen LogP contribution in [0.2, 0.25) is 0 Å². The quantitative estimate of drug-likeness (QED) is 0.0557. The van der Waals surface area contributed by atoms with Crippen molar-refractivity contribution in [3.63, 3.8) is 0 Å². The number of carbonyl (C=O) groups is 7. The van der Waals surface area contributed by atoms with Gasteiger partial charge in [-0.2, -0.15) is 0 Å². The fraction of sp³-hybridized carbons (Fsp3) is 0.806. The number of rotatable bonds is 33. The molecule has 0 aromatic heterocycles. The van der Waals surface area contributed by atoms with E-state index < -0.39 is 53.5 Å². The van der Waals surface area contributed by atoms with Gasteiger partial charge in [-0.3, -0.25) is 33.6 Å². The van der Waals surface area contributed by atoms with E-state index in [2.05, 4.69) is 10.6 Å². The second-order valence-corrected chi connectivity index (χ2v) is 12.7. The molecule has 0 aliphatic carbocycles. The van der Waals surface area contributed by atoms with Crippen LogP contribution in [0.25, 0.3) is 0 Å². The van der Waals surface area contributed by atoms with Crippen molar-refractivity contribution < 1.29 is 66.7 Å². The van der Waals surface area contributed by atoms with Gasteiger partial charge in [0.25, 0.3) is 0 Å². The van der Waals surface area contributed by atoms with E-state index in [1.807, 2.05) is 13.8 Å². The topological polar surface area (TPSA) is 208 Å². The second-order valence-electron chi connectivity index (χ2n) is 12.7. The van der Waals surface area contributed by atoms with E-state index >= 15 is 0 Å². The van der Waals surface area contributed by atoms with Crippen LogP contribution in [0.3, 0.4) is 0 Å². The number of ether oxygens (including phenoxy) is 7. The van der Waals surface area contributed by atoms with E-state index in [0.29, 0.717) is 13.2 Å². The first kappa shape index (κ1) is 48.7. The molecule has 0 heterocycles. The van der Waals surface area contributed by atoms with Crippen molar-refractivity contribution in [3.05, 3.63) is 0 Å². The Labute approximate surface area is 308 Å². The van der Waals surface area contributed by atoms with Crippen molar-refractivity contribution in [3.8, 4) is 0 Å². The summed E-state index contributed by atoms with van der Waals surface area (Å²) < 4.78 is 35.2. The molecule has 0 aliphatic rings. The van der Waals surface area contributed by atoms with Gasteiger partial charge >= 0.3 is 17.9 Å². The number of carbonyl (C=O) groups excluding carboxylic acids is 7. The van der Waals surface area contributed by atoms with Gasteiger partial charge in [0.05, 0.1) is 45.1 Å². The molecular formula is C36H62N2O14. The van der Waals surface area contributed by atoms with Crippen molar-refractivity contribution in [1.82, 2.24) is 10.6 Å². The molecule has 4 atom stereocenters. The fourth-order valence-corrected chi connectivity index (χ4v) is 5.04. The summed E-state index contributed by atoms with van der Waals surface area (Å²) in [6, 6.07) is -1.77. The van der Waals surface area contributed by atoms with Crippen molar-refractivity contribution in [2.75, 3.05) is 81.2 Å². The second kappa shape index (κ2) is 30.2. The zero-order valence-corrected chi connectivity index (χ0v) is 32.1. The Morgan fingerprint density at radius 2 is 0.981 bits per heavy atom. The first-order chi connectivity index (χ1) is 24.8. The maximum absolute atomic E-state index is 13.8. The maximum atomic E-state index is 13.8. The molecule has 0 saturated heterocycles. The number of amides is 1. The van der Waals surface area contributed by atoms with Crippen molar-refractivity contribution in [2.45, 2.75) is 90.6 Å². The Morgan fingerprint density at radius 1 is 0.558 bits per heavy atom. The van der Waals surface area contributed by atoms with Crippen LogP contribution in [0.4, 0.5) is 0 Å². The molecule has 2 N–H and O–H groups in total. The molecule has 0 radical (unpaired) electrons. The molecule has 0 aliphatic heterocycles. The summed E-state index contributed by atoms with van der Waals surface area (Å²) >= 11 is 0. The molecule has 300 valence electrons. The molecule has 16 nitrogen and oxygen atoms in total. The van der Waals surface area contributed by atoms with Crippen LogP contribution in [0.1, 0.15) is 78.6 Å². The van der Waals surface area contributed by atoms with Crippen LogP contribution in [-0.4, -0.2) is 134 Å². The molecular weight excluding hydrogens is 684 g/mol. The fourth-order valence-electron chi connectivity index (χ4n) is 5.04. The van der Waals surface area contributed by atoms with Crippen molar-refractivity contribution in [1.29, 1.82) is 0 Å². The number of Topliss-reactive ketones (excluding diaryl/α,β-unsaturated/α-hetero) is 3. The summed E-state index contributed by atoms with van der Waals surface area (Å²) in [6.07, 6.45) is -0.383. The van der Waals surface area contributed by atoms with Gasteiger partial charge in [0, 0.05) is 65.3 Å². The van der Waals surface area contributed by atoms with Gasteiger partial charge in [0.15, 0.2) is 11.6 Å². The number of ketones is 3. The van der Waals surface area contributed by atoms with E-state index in [4.69, 9.17) is 33.2 Å². The standard InChI is InChI=1S/C36H62N2O14/c1-25(2)22-30(32(41)23-27(26(3)39)8-11-33(42)52-21-18-49-17-14-46-5)38-36(45)28(9-12-34(43)50-19-15-47-6)24-31(40)29(37-4)10-13-35(44)51-20-16-48-7/h25,27-30,37H,8-24H2,1-7H3,(H,38,45)/t27?,28-,29+,30+/m1/s1. The Hall–Kier alpha value is -3.31. The third kappa shape index (κ3) is 24.0. The lowest BCUT2D eigenvalue weighted by Gasteiger charge is -2.25. The highest BCUT2D eigenvalue weighted by Crippen LogP contribution is 2.20. The van der Waals surface area contributed by atoms with E-state index in [0.717, 1.165) is 0 Å². The largest absolute Gasteiger partial charge is 0.463 e. The smallest absolute Gasteiger partial charge is 0.305 e. The Morgan fingerprint density at radius 3 is 1.46 bits per heavy atom. The highest BCUT2D eigenvalue weighted by atomic mass is 16.6. The summed E-state index contributed by atoms with van der Waals surface area (Å²) in [7, 11) is 6.04. The van der Waals surface area contributed by atoms with Crippen molar-refractivity contribution >= 4 is 41.2 Å². The van der Waals surface area contributed by atoms with Gasteiger partial charge < -0.3 is 43.8 Å². The molecule has 0 aromatic carbocycles.